The van der Waals surface area contributed by atoms with Crippen LogP contribution in [0.3, 0.4) is 0 Å². The molecule has 0 amide bonds. The molecule has 1 aromatic heterocycles. The first-order chi connectivity index (χ1) is 5.93. The molecule has 1 rings (SSSR count). The van der Waals surface area contributed by atoms with Crippen molar-refractivity contribution in [3.05, 3.63) is 21.8 Å². The number of nitrogens with zero attached hydrogens (tertiary/aromatic N) is 2. The molecule has 0 aliphatic rings. The summed E-state index contributed by atoms with van der Waals surface area (Å²) in [6.45, 7) is 8.93. The zero-order chi connectivity index (χ0) is 10.1. The summed E-state index contributed by atoms with van der Waals surface area (Å²) in [6, 6.07) is 0. The lowest BCUT2D eigenvalue weighted by atomic mass is 9.79. The molecule has 1 heterocycles. The Hall–Kier alpha value is -0.190. The number of aromatic nitrogens is 2. The minimum absolute atomic E-state index is 0.268. The average molecular weight is 290 g/mol. The fourth-order valence-electron chi connectivity index (χ4n) is 1.08. The van der Waals surface area contributed by atoms with Gasteiger partial charge in [0.2, 0.25) is 0 Å². The Labute approximate surface area is 93.3 Å². The Morgan fingerprint density at radius 3 is 2.46 bits per heavy atom. The van der Waals surface area contributed by atoms with Gasteiger partial charge in [-0.2, -0.15) is 0 Å². The fraction of sp³-hybridized carbons (Fsp3) is 0.600. The average Bonchev–Trinajstić information content (AvgIpc) is 2.02. The monoisotopic (exact) mass is 290 g/mol. The maximum absolute atomic E-state index is 4.19. The van der Waals surface area contributed by atoms with Crippen LogP contribution in [0.4, 0.5) is 0 Å². The second-order valence-electron chi connectivity index (χ2n) is 4.36. The van der Waals surface area contributed by atoms with Gasteiger partial charge in [0.05, 0.1) is 0 Å². The van der Waals surface area contributed by atoms with Crippen LogP contribution in [0, 0.1) is 9.12 Å². The van der Waals surface area contributed by atoms with Gasteiger partial charge in [0.1, 0.15) is 10.0 Å². The van der Waals surface area contributed by atoms with E-state index in [9.17, 15) is 0 Å². The lowest BCUT2D eigenvalue weighted by Crippen LogP contribution is -2.17. The summed E-state index contributed by atoms with van der Waals surface area (Å²) in [6.07, 6.45) is 3.52. The van der Waals surface area contributed by atoms with Gasteiger partial charge in [-0.05, 0) is 33.9 Å². The number of halogens is 1. The second kappa shape index (κ2) is 3.90. The van der Waals surface area contributed by atoms with E-state index in [1.807, 2.05) is 6.20 Å². The van der Waals surface area contributed by atoms with E-state index in [2.05, 4.69) is 60.3 Å². The van der Waals surface area contributed by atoms with Gasteiger partial charge in [-0.1, -0.05) is 27.7 Å². The molecule has 1 atom stereocenters. The molecule has 0 aliphatic carbocycles. The van der Waals surface area contributed by atoms with Gasteiger partial charge in [-0.15, -0.1) is 0 Å². The molecule has 0 aliphatic heterocycles. The summed E-state index contributed by atoms with van der Waals surface area (Å²) < 4.78 is 1.06. The van der Waals surface area contributed by atoms with Crippen molar-refractivity contribution in [2.75, 3.05) is 0 Å². The number of rotatable bonds is 1. The Morgan fingerprint density at radius 2 is 2.00 bits per heavy atom. The van der Waals surface area contributed by atoms with E-state index in [-0.39, 0.29) is 5.41 Å². The molecule has 0 saturated carbocycles. The van der Waals surface area contributed by atoms with Crippen molar-refractivity contribution in [1.29, 1.82) is 0 Å². The topological polar surface area (TPSA) is 25.8 Å². The molecule has 0 spiro atoms. The van der Waals surface area contributed by atoms with Crippen LogP contribution in [0.1, 0.15) is 39.2 Å². The van der Waals surface area contributed by atoms with E-state index in [1.54, 1.807) is 6.33 Å². The third-order valence-electron chi connectivity index (χ3n) is 2.46. The van der Waals surface area contributed by atoms with Crippen LogP contribution >= 0.6 is 22.6 Å². The molecule has 0 aromatic carbocycles. The van der Waals surface area contributed by atoms with Gasteiger partial charge < -0.3 is 0 Å². The summed E-state index contributed by atoms with van der Waals surface area (Å²) in [7, 11) is 0. The predicted molar refractivity (Wildman–Crippen MR) is 62.6 cm³/mol. The fourth-order valence-corrected chi connectivity index (χ4v) is 1.81. The summed E-state index contributed by atoms with van der Waals surface area (Å²) in [5, 5.41) is 0. The molecular formula is C10H15IN2. The molecule has 72 valence electrons. The SMILES string of the molecule is CC(c1cncnc1I)C(C)(C)C. The lowest BCUT2D eigenvalue weighted by Gasteiger charge is -2.27. The first kappa shape index (κ1) is 10.9. The number of hydrogen-bond acceptors (Lipinski definition) is 2. The highest BCUT2D eigenvalue weighted by atomic mass is 127. The zero-order valence-electron chi connectivity index (χ0n) is 8.50. The molecule has 1 aromatic rings. The molecular weight excluding hydrogens is 275 g/mol. The summed E-state index contributed by atoms with van der Waals surface area (Å²) in [5.41, 5.74) is 1.51. The zero-order valence-corrected chi connectivity index (χ0v) is 10.7. The van der Waals surface area contributed by atoms with Crippen molar-refractivity contribution in [2.24, 2.45) is 5.41 Å². The highest BCUT2D eigenvalue weighted by Crippen LogP contribution is 2.35. The number of hydrogen-bond donors (Lipinski definition) is 0. The third-order valence-corrected chi connectivity index (χ3v) is 3.36. The van der Waals surface area contributed by atoms with Crippen molar-refractivity contribution in [2.45, 2.75) is 33.6 Å². The Morgan fingerprint density at radius 1 is 1.38 bits per heavy atom. The van der Waals surface area contributed by atoms with Crippen LogP contribution in [0.2, 0.25) is 0 Å². The smallest absolute Gasteiger partial charge is 0.116 e. The largest absolute Gasteiger partial charge is 0.244 e. The van der Waals surface area contributed by atoms with Gasteiger partial charge >= 0.3 is 0 Å². The molecule has 13 heavy (non-hydrogen) atoms. The van der Waals surface area contributed by atoms with E-state index in [4.69, 9.17) is 0 Å². The van der Waals surface area contributed by atoms with E-state index < -0.39 is 0 Å². The minimum Gasteiger partial charge on any atom is -0.244 e. The Balaban J connectivity index is 3.02. The predicted octanol–water partition coefficient (Wildman–Crippen LogP) is 3.23. The molecule has 1 unspecified atom stereocenters. The summed E-state index contributed by atoms with van der Waals surface area (Å²) >= 11 is 2.26. The van der Waals surface area contributed by atoms with Crippen molar-refractivity contribution >= 4 is 22.6 Å². The van der Waals surface area contributed by atoms with Crippen molar-refractivity contribution in [1.82, 2.24) is 9.97 Å². The lowest BCUT2D eigenvalue weighted by molar-refractivity contribution is 0.337. The van der Waals surface area contributed by atoms with Crippen molar-refractivity contribution < 1.29 is 0 Å². The maximum atomic E-state index is 4.19. The van der Waals surface area contributed by atoms with Gasteiger partial charge in [-0.25, -0.2) is 9.97 Å². The molecule has 2 nitrogen and oxygen atoms in total. The molecule has 0 fully saturated rings. The van der Waals surface area contributed by atoms with Crippen molar-refractivity contribution in [3.63, 3.8) is 0 Å². The van der Waals surface area contributed by atoms with Gasteiger partial charge in [-0.3, -0.25) is 0 Å². The van der Waals surface area contributed by atoms with Gasteiger partial charge in [0.25, 0.3) is 0 Å². The first-order valence-electron chi connectivity index (χ1n) is 4.38. The summed E-state index contributed by atoms with van der Waals surface area (Å²) in [5.74, 6) is 0.487. The highest BCUT2D eigenvalue weighted by molar-refractivity contribution is 14.1. The van der Waals surface area contributed by atoms with Crippen LogP contribution in [-0.2, 0) is 0 Å². The van der Waals surface area contributed by atoms with Crippen LogP contribution in [0.15, 0.2) is 12.5 Å². The van der Waals surface area contributed by atoms with Crippen molar-refractivity contribution in [3.8, 4) is 0 Å². The van der Waals surface area contributed by atoms with E-state index in [0.717, 1.165) is 3.70 Å². The standard InChI is InChI=1S/C10H15IN2/c1-7(10(2,3)4)8-5-12-6-13-9(8)11/h5-7H,1-4H3. The maximum Gasteiger partial charge on any atom is 0.116 e. The second-order valence-corrected chi connectivity index (χ2v) is 5.38. The van der Waals surface area contributed by atoms with Crippen LogP contribution in [0.25, 0.3) is 0 Å². The normalized spacial score (nSPS) is 14.2. The quantitative estimate of drug-likeness (QED) is 0.586. The van der Waals surface area contributed by atoms with Gasteiger partial charge in [0.15, 0.2) is 0 Å². The van der Waals surface area contributed by atoms with Crippen LogP contribution in [0.5, 0.6) is 0 Å². The summed E-state index contributed by atoms with van der Waals surface area (Å²) in [4.78, 5) is 8.25. The molecule has 0 saturated heterocycles. The highest BCUT2D eigenvalue weighted by Gasteiger charge is 2.23. The molecule has 0 bridgehead atoms. The first-order valence-corrected chi connectivity index (χ1v) is 5.46. The van der Waals surface area contributed by atoms with Crippen LogP contribution < -0.4 is 0 Å². The van der Waals surface area contributed by atoms with E-state index in [1.165, 1.54) is 5.56 Å². The minimum atomic E-state index is 0.268. The molecule has 3 heteroatoms. The molecule has 0 N–H and O–H groups in total. The van der Waals surface area contributed by atoms with Crippen LogP contribution in [-0.4, -0.2) is 9.97 Å². The Bertz CT molecular complexity index is 291. The Kier molecular flexibility index (Phi) is 3.27. The third kappa shape index (κ3) is 2.62. The van der Waals surface area contributed by atoms with E-state index in [0.29, 0.717) is 5.92 Å². The van der Waals surface area contributed by atoms with E-state index >= 15 is 0 Å². The molecule has 0 radical (unpaired) electrons. The van der Waals surface area contributed by atoms with Gasteiger partial charge in [0, 0.05) is 11.8 Å².